The fourth-order valence-corrected chi connectivity index (χ4v) is 1.91. The summed E-state index contributed by atoms with van der Waals surface area (Å²) in [5.74, 6) is 0. The second kappa shape index (κ2) is 3.70. The van der Waals surface area contributed by atoms with Crippen molar-refractivity contribution in [2.45, 2.75) is 32.1 Å². The van der Waals surface area contributed by atoms with Crippen LogP contribution in [0.5, 0.6) is 0 Å². The van der Waals surface area contributed by atoms with Crippen LogP contribution in [0.4, 0.5) is 0 Å². The molecule has 1 heteroatoms. The molecule has 0 aromatic carbocycles. The molecule has 0 aromatic rings. The number of hydrogen-bond acceptors (Lipinski definition) is 1. The van der Waals surface area contributed by atoms with Crippen LogP contribution in [-0.2, 0) is 4.79 Å². The molecule has 0 aromatic heterocycles. The predicted octanol–water partition coefficient (Wildman–Crippen LogP) is 2.88. The maximum absolute atomic E-state index is 11.0. The molecule has 0 radical (unpaired) electrons. The highest BCUT2D eigenvalue weighted by atomic mass is 16.1. The lowest BCUT2D eigenvalue weighted by Gasteiger charge is -2.22. The van der Waals surface area contributed by atoms with Crippen LogP contribution in [0.1, 0.15) is 32.1 Å². The zero-order valence-corrected chi connectivity index (χ0v) is 7.51. The standard InChI is InChI=1S/C11H16O/c1-3-4-7-11(9-12)8-5-6-10(11)2/h3,9H,1-2,4-8H2. The Morgan fingerprint density at radius 3 is 2.75 bits per heavy atom. The number of carbonyl (C=O) groups excluding carboxylic acids is 1. The summed E-state index contributed by atoms with van der Waals surface area (Å²) < 4.78 is 0. The Kier molecular flexibility index (Phi) is 2.85. The molecule has 0 N–H and O–H groups in total. The van der Waals surface area contributed by atoms with Gasteiger partial charge in [-0.2, -0.15) is 0 Å². The van der Waals surface area contributed by atoms with Crippen LogP contribution in [0.25, 0.3) is 0 Å². The van der Waals surface area contributed by atoms with Crippen LogP contribution in [0.3, 0.4) is 0 Å². The van der Waals surface area contributed by atoms with Crippen LogP contribution >= 0.6 is 0 Å². The molecule has 1 aliphatic rings. The Labute approximate surface area is 74.2 Å². The Morgan fingerprint density at radius 2 is 2.33 bits per heavy atom. The van der Waals surface area contributed by atoms with Gasteiger partial charge in [0.25, 0.3) is 0 Å². The summed E-state index contributed by atoms with van der Waals surface area (Å²) in [6.07, 6.45) is 7.91. The lowest BCUT2D eigenvalue weighted by atomic mass is 9.80. The number of carbonyl (C=O) groups is 1. The van der Waals surface area contributed by atoms with Crippen LogP contribution in [0, 0.1) is 5.41 Å². The lowest BCUT2D eigenvalue weighted by Crippen LogP contribution is -2.19. The first-order chi connectivity index (χ1) is 5.75. The first kappa shape index (κ1) is 9.24. The third-order valence-electron chi connectivity index (χ3n) is 2.83. The van der Waals surface area contributed by atoms with Crippen molar-refractivity contribution in [3.8, 4) is 0 Å². The fraction of sp³-hybridized carbons (Fsp3) is 0.545. The molecule has 0 bridgehead atoms. The van der Waals surface area contributed by atoms with Crippen LogP contribution in [0.2, 0.25) is 0 Å². The van der Waals surface area contributed by atoms with Crippen molar-refractivity contribution in [3.05, 3.63) is 24.8 Å². The summed E-state index contributed by atoms with van der Waals surface area (Å²) in [6, 6.07) is 0. The topological polar surface area (TPSA) is 17.1 Å². The average Bonchev–Trinajstić information content (AvgIpc) is 2.45. The Bertz CT molecular complexity index is 205. The molecular weight excluding hydrogens is 148 g/mol. The van der Waals surface area contributed by atoms with Gasteiger partial charge < -0.3 is 4.79 Å². The van der Waals surface area contributed by atoms with Crippen molar-refractivity contribution in [3.63, 3.8) is 0 Å². The number of hydrogen-bond donors (Lipinski definition) is 0. The summed E-state index contributed by atoms with van der Waals surface area (Å²) in [7, 11) is 0. The van der Waals surface area contributed by atoms with E-state index in [4.69, 9.17) is 0 Å². The minimum Gasteiger partial charge on any atom is -0.302 e. The van der Waals surface area contributed by atoms with Crippen molar-refractivity contribution in [1.29, 1.82) is 0 Å². The molecule has 1 nitrogen and oxygen atoms in total. The molecule has 1 aliphatic carbocycles. The van der Waals surface area contributed by atoms with Crippen molar-refractivity contribution >= 4 is 6.29 Å². The minimum absolute atomic E-state index is 0.200. The van der Waals surface area contributed by atoms with Crippen LogP contribution in [0.15, 0.2) is 24.8 Å². The van der Waals surface area contributed by atoms with E-state index in [0.717, 1.165) is 44.0 Å². The van der Waals surface area contributed by atoms with E-state index >= 15 is 0 Å². The van der Waals surface area contributed by atoms with Gasteiger partial charge in [-0.25, -0.2) is 0 Å². The van der Waals surface area contributed by atoms with E-state index in [1.54, 1.807) is 0 Å². The molecule has 1 rings (SSSR count). The van der Waals surface area contributed by atoms with Gasteiger partial charge in [-0.1, -0.05) is 18.2 Å². The molecule has 1 fully saturated rings. The maximum Gasteiger partial charge on any atom is 0.130 e. The third-order valence-corrected chi connectivity index (χ3v) is 2.83. The summed E-state index contributed by atoms with van der Waals surface area (Å²) >= 11 is 0. The van der Waals surface area contributed by atoms with Gasteiger partial charge in [0.2, 0.25) is 0 Å². The smallest absolute Gasteiger partial charge is 0.130 e. The summed E-state index contributed by atoms with van der Waals surface area (Å²) in [5.41, 5.74) is 0.924. The maximum atomic E-state index is 11.0. The van der Waals surface area contributed by atoms with Crippen molar-refractivity contribution in [2.75, 3.05) is 0 Å². The number of rotatable bonds is 4. The average molecular weight is 164 g/mol. The Balaban J connectivity index is 2.67. The molecule has 0 amide bonds. The molecule has 0 spiro atoms. The van der Waals surface area contributed by atoms with E-state index in [1.807, 2.05) is 6.08 Å². The first-order valence-corrected chi connectivity index (χ1v) is 4.51. The van der Waals surface area contributed by atoms with Crippen molar-refractivity contribution in [1.82, 2.24) is 0 Å². The quantitative estimate of drug-likeness (QED) is 0.461. The molecular formula is C11H16O. The molecule has 1 saturated carbocycles. The molecule has 0 aliphatic heterocycles. The summed E-state index contributed by atoms with van der Waals surface area (Å²) in [5, 5.41) is 0. The van der Waals surface area contributed by atoms with Gasteiger partial charge >= 0.3 is 0 Å². The fourth-order valence-electron chi connectivity index (χ4n) is 1.91. The summed E-state index contributed by atoms with van der Waals surface area (Å²) in [4.78, 5) is 11.0. The first-order valence-electron chi connectivity index (χ1n) is 4.51. The van der Waals surface area contributed by atoms with E-state index in [-0.39, 0.29) is 5.41 Å². The molecule has 0 saturated heterocycles. The van der Waals surface area contributed by atoms with Gasteiger partial charge in [0.05, 0.1) is 0 Å². The van der Waals surface area contributed by atoms with E-state index in [0.29, 0.717) is 0 Å². The highest BCUT2D eigenvalue weighted by Crippen LogP contribution is 2.43. The SMILES string of the molecule is C=CCCC1(C=O)CCCC1=C. The van der Waals surface area contributed by atoms with Gasteiger partial charge in [0.15, 0.2) is 0 Å². The zero-order chi connectivity index (χ0) is 9.03. The molecule has 1 unspecified atom stereocenters. The van der Waals surface area contributed by atoms with Gasteiger partial charge in [0.1, 0.15) is 6.29 Å². The van der Waals surface area contributed by atoms with Gasteiger partial charge in [-0.15, -0.1) is 6.58 Å². The highest BCUT2D eigenvalue weighted by molar-refractivity contribution is 5.65. The predicted molar refractivity (Wildman–Crippen MR) is 50.9 cm³/mol. The third kappa shape index (κ3) is 1.50. The molecule has 66 valence electrons. The van der Waals surface area contributed by atoms with E-state index in [9.17, 15) is 4.79 Å². The Hall–Kier alpha value is -0.850. The second-order valence-corrected chi connectivity index (χ2v) is 3.56. The van der Waals surface area contributed by atoms with Crippen molar-refractivity contribution < 1.29 is 4.79 Å². The Morgan fingerprint density at radius 1 is 1.58 bits per heavy atom. The minimum atomic E-state index is -0.200. The molecule has 1 atom stereocenters. The van der Waals surface area contributed by atoms with E-state index in [2.05, 4.69) is 13.2 Å². The normalized spacial score (nSPS) is 28.8. The largest absolute Gasteiger partial charge is 0.302 e. The zero-order valence-electron chi connectivity index (χ0n) is 7.51. The lowest BCUT2D eigenvalue weighted by molar-refractivity contribution is -0.114. The van der Waals surface area contributed by atoms with Crippen LogP contribution in [-0.4, -0.2) is 6.29 Å². The second-order valence-electron chi connectivity index (χ2n) is 3.56. The van der Waals surface area contributed by atoms with E-state index < -0.39 is 0 Å². The van der Waals surface area contributed by atoms with E-state index in [1.165, 1.54) is 0 Å². The van der Waals surface area contributed by atoms with Crippen LogP contribution < -0.4 is 0 Å². The summed E-state index contributed by atoms with van der Waals surface area (Å²) in [6.45, 7) is 7.63. The number of allylic oxidation sites excluding steroid dienone is 2. The van der Waals surface area contributed by atoms with Gasteiger partial charge in [-0.05, 0) is 32.1 Å². The van der Waals surface area contributed by atoms with Gasteiger partial charge in [0, 0.05) is 5.41 Å². The molecule has 0 heterocycles. The van der Waals surface area contributed by atoms with Gasteiger partial charge in [-0.3, -0.25) is 0 Å². The molecule has 12 heavy (non-hydrogen) atoms. The highest BCUT2D eigenvalue weighted by Gasteiger charge is 2.35. The van der Waals surface area contributed by atoms with Crippen molar-refractivity contribution in [2.24, 2.45) is 5.41 Å². The monoisotopic (exact) mass is 164 g/mol. The number of aldehydes is 1.